The zero-order valence-corrected chi connectivity index (χ0v) is 15.6. The van der Waals surface area contributed by atoms with Crippen LogP contribution in [-0.4, -0.2) is 24.0 Å². The van der Waals surface area contributed by atoms with Gasteiger partial charge in [-0.3, -0.25) is 14.9 Å². The number of nitro benzene ring substituents is 1. The van der Waals surface area contributed by atoms with Crippen LogP contribution in [0.3, 0.4) is 0 Å². The fraction of sp³-hybridized carbons (Fsp3) is 0.235. The van der Waals surface area contributed by atoms with Crippen molar-refractivity contribution in [2.45, 2.75) is 19.9 Å². The van der Waals surface area contributed by atoms with Crippen molar-refractivity contribution in [1.82, 2.24) is 0 Å². The van der Waals surface area contributed by atoms with E-state index < -0.39 is 11.0 Å². The van der Waals surface area contributed by atoms with Gasteiger partial charge < -0.3 is 15.4 Å². The van der Waals surface area contributed by atoms with E-state index in [-0.39, 0.29) is 17.3 Å². The molecule has 0 aliphatic carbocycles. The number of nitrogens with zero attached hydrogens (tertiary/aromatic N) is 1. The Morgan fingerprint density at radius 3 is 2.60 bits per heavy atom. The molecule has 2 rings (SSSR count). The number of ether oxygens (including phenoxy) is 1. The molecule has 25 heavy (non-hydrogen) atoms. The lowest BCUT2D eigenvalue weighted by Crippen LogP contribution is -2.32. The molecule has 2 aromatic rings. The van der Waals surface area contributed by atoms with Crippen LogP contribution in [0.25, 0.3) is 0 Å². The fourth-order valence-corrected chi connectivity index (χ4v) is 2.44. The van der Waals surface area contributed by atoms with Crippen LogP contribution in [0.5, 0.6) is 5.75 Å². The zero-order chi connectivity index (χ0) is 18.6. The quantitative estimate of drug-likeness (QED) is 0.554. The molecule has 0 unspecified atom stereocenters. The van der Waals surface area contributed by atoms with E-state index in [0.717, 1.165) is 15.7 Å². The molecular weight excluding hydrogens is 390 g/mol. The number of rotatable bonds is 6. The monoisotopic (exact) mass is 407 g/mol. The fourth-order valence-electron chi connectivity index (χ4n) is 2.20. The summed E-state index contributed by atoms with van der Waals surface area (Å²) in [5, 5.41) is 16.7. The van der Waals surface area contributed by atoms with Crippen LogP contribution >= 0.6 is 15.9 Å². The number of nitro groups is 1. The first-order valence-corrected chi connectivity index (χ1v) is 8.27. The Bertz CT molecular complexity index is 810. The van der Waals surface area contributed by atoms with E-state index in [9.17, 15) is 14.9 Å². The SMILES string of the molecule is COc1ccc([N+](=O)[O-])cc1NC(=O)[C@@H](C)Nc1ccc(Br)c(C)c1. The third-order valence-corrected chi connectivity index (χ3v) is 4.48. The Balaban J connectivity index is 2.13. The molecule has 0 fully saturated rings. The molecule has 132 valence electrons. The lowest BCUT2D eigenvalue weighted by atomic mass is 10.2. The van der Waals surface area contributed by atoms with Crippen molar-refractivity contribution in [2.24, 2.45) is 0 Å². The van der Waals surface area contributed by atoms with Gasteiger partial charge in [-0.15, -0.1) is 0 Å². The number of carbonyl (C=O) groups excluding carboxylic acids is 1. The number of hydrogen-bond donors (Lipinski definition) is 2. The second kappa shape index (κ2) is 7.98. The summed E-state index contributed by atoms with van der Waals surface area (Å²) in [4.78, 5) is 22.8. The molecule has 1 amide bonds. The predicted octanol–water partition coefficient (Wildman–Crippen LogP) is 4.11. The number of carbonyl (C=O) groups is 1. The normalized spacial score (nSPS) is 11.5. The third kappa shape index (κ3) is 4.69. The average Bonchev–Trinajstić information content (AvgIpc) is 2.57. The van der Waals surface area contributed by atoms with Crippen molar-refractivity contribution < 1.29 is 14.5 Å². The molecule has 0 bridgehead atoms. The Kier molecular flexibility index (Phi) is 5.97. The van der Waals surface area contributed by atoms with Crippen molar-refractivity contribution in [3.05, 3.63) is 56.5 Å². The van der Waals surface area contributed by atoms with Gasteiger partial charge in [-0.25, -0.2) is 0 Å². The van der Waals surface area contributed by atoms with Crippen molar-refractivity contribution in [3.63, 3.8) is 0 Å². The van der Waals surface area contributed by atoms with Crippen LogP contribution in [0.2, 0.25) is 0 Å². The van der Waals surface area contributed by atoms with Gasteiger partial charge in [0.2, 0.25) is 5.91 Å². The molecular formula is C17H18BrN3O4. The van der Waals surface area contributed by atoms with Crippen molar-refractivity contribution in [3.8, 4) is 5.75 Å². The standard InChI is InChI=1S/C17H18BrN3O4/c1-10-8-12(4-6-14(10)18)19-11(2)17(22)20-15-9-13(21(23)24)5-7-16(15)25-3/h4-9,11,19H,1-3H3,(H,20,22)/t11-/m1/s1. The molecule has 2 aromatic carbocycles. The van der Waals surface area contributed by atoms with Gasteiger partial charge in [-0.1, -0.05) is 15.9 Å². The Hall–Kier alpha value is -2.61. The van der Waals surface area contributed by atoms with Gasteiger partial charge in [-0.2, -0.15) is 0 Å². The maximum Gasteiger partial charge on any atom is 0.271 e. The van der Waals surface area contributed by atoms with E-state index in [4.69, 9.17) is 4.74 Å². The molecule has 0 radical (unpaired) electrons. The zero-order valence-electron chi connectivity index (χ0n) is 14.0. The van der Waals surface area contributed by atoms with Gasteiger partial charge >= 0.3 is 0 Å². The summed E-state index contributed by atoms with van der Waals surface area (Å²) in [6.45, 7) is 3.66. The molecule has 0 aromatic heterocycles. The van der Waals surface area contributed by atoms with Gasteiger partial charge in [0, 0.05) is 22.3 Å². The number of halogens is 1. The van der Waals surface area contributed by atoms with E-state index in [2.05, 4.69) is 26.6 Å². The molecule has 1 atom stereocenters. The van der Waals surface area contributed by atoms with Crippen LogP contribution in [0.1, 0.15) is 12.5 Å². The number of hydrogen-bond acceptors (Lipinski definition) is 5. The number of methoxy groups -OCH3 is 1. The lowest BCUT2D eigenvalue weighted by molar-refractivity contribution is -0.384. The summed E-state index contributed by atoms with van der Waals surface area (Å²) >= 11 is 3.43. The highest BCUT2D eigenvalue weighted by molar-refractivity contribution is 9.10. The highest BCUT2D eigenvalue weighted by Gasteiger charge is 2.17. The minimum Gasteiger partial charge on any atom is -0.495 e. The number of nitrogens with one attached hydrogen (secondary N) is 2. The molecule has 8 heteroatoms. The van der Waals surface area contributed by atoms with Crippen LogP contribution in [-0.2, 0) is 4.79 Å². The van der Waals surface area contributed by atoms with Crippen LogP contribution in [0, 0.1) is 17.0 Å². The van der Waals surface area contributed by atoms with Gasteiger partial charge in [0.1, 0.15) is 11.8 Å². The largest absolute Gasteiger partial charge is 0.495 e. The van der Waals surface area contributed by atoms with E-state index in [1.54, 1.807) is 6.92 Å². The number of aryl methyl sites for hydroxylation is 1. The minimum absolute atomic E-state index is 0.125. The van der Waals surface area contributed by atoms with Crippen molar-refractivity contribution in [2.75, 3.05) is 17.7 Å². The number of amides is 1. The summed E-state index contributed by atoms with van der Waals surface area (Å²) in [7, 11) is 1.43. The molecule has 0 heterocycles. The van der Waals surface area contributed by atoms with Crippen LogP contribution < -0.4 is 15.4 Å². The first-order chi connectivity index (χ1) is 11.8. The molecule has 0 spiro atoms. The topological polar surface area (TPSA) is 93.5 Å². The van der Waals surface area contributed by atoms with E-state index >= 15 is 0 Å². The predicted molar refractivity (Wildman–Crippen MR) is 100 cm³/mol. The Morgan fingerprint density at radius 1 is 1.28 bits per heavy atom. The van der Waals surface area contributed by atoms with E-state index in [1.165, 1.54) is 25.3 Å². The molecule has 0 saturated carbocycles. The number of anilines is 2. The summed E-state index contributed by atoms with van der Waals surface area (Å²) in [5.41, 5.74) is 1.97. The van der Waals surface area contributed by atoms with Crippen molar-refractivity contribution in [1.29, 1.82) is 0 Å². The molecule has 0 aliphatic heterocycles. The lowest BCUT2D eigenvalue weighted by Gasteiger charge is -2.17. The summed E-state index contributed by atoms with van der Waals surface area (Å²) < 4.78 is 6.13. The summed E-state index contributed by atoms with van der Waals surface area (Å²) in [5.74, 6) is 0.0185. The van der Waals surface area contributed by atoms with Gasteiger partial charge in [-0.05, 0) is 43.7 Å². The van der Waals surface area contributed by atoms with Crippen LogP contribution in [0.15, 0.2) is 40.9 Å². The first kappa shape index (κ1) is 18.7. The smallest absolute Gasteiger partial charge is 0.271 e. The highest BCUT2D eigenvalue weighted by atomic mass is 79.9. The van der Waals surface area contributed by atoms with Gasteiger partial charge in [0.15, 0.2) is 0 Å². The maximum absolute atomic E-state index is 12.4. The number of non-ortho nitro benzene ring substituents is 1. The molecule has 0 saturated heterocycles. The Morgan fingerprint density at radius 2 is 2.00 bits per heavy atom. The van der Waals surface area contributed by atoms with E-state index in [0.29, 0.717) is 5.75 Å². The van der Waals surface area contributed by atoms with Gasteiger partial charge in [0.05, 0.1) is 17.7 Å². The molecule has 7 nitrogen and oxygen atoms in total. The van der Waals surface area contributed by atoms with Gasteiger partial charge in [0.25, 0.3) is 5.69 Å². The highest BCUT2D eigenvalue weighted by Crippen LogP contribution is 2.29. The maximum atomic E-state index is 12.4. The van der Waals surface area contributed by atoms with Crippen molar-refractivity contribution >= 4 is 38.9 Å². The first-order valence-electron chi connectivity index (χ1n) is 7.48. The third-order valence-electron chi connectivity index (χ3n) is 3.59. The Labute approximate surface area is 153 Å². The molecule has 0 aliphatic rings. The average molecular weight is 408 g/mol. The second-order valence-electron chi connectivity index (χ2n) is 5.46. The summed E-state index contributed by atoms with van der Waals surface area (Å²) in [6.07, 6.45) is 0. The summed E-state index contributed by atoms with van der Waals surface area (Å²) in [6, 6.07) is 9.16. The van der Waals surface area contributed by atoms with Crippen LogP contribution in [0.4, 0.5) is 17.1 Å². The van der Waals surface area contributed by atoms with E-state index in [1.807, 2.05) is 25.1 Å². The minimum atomic E-state index is -0.551. The number of benzene rings is 2. The second-order valence-corrected chi connectivity index (χ2v) is 6.32. The molecule has 2 N–H and O–H groups in total.